The molecule has 4 nitrogen and oxygen atoms in total. The van der Waals surface area contributed by atoms with Crippen LogP contribution < -0.4 is 10.2 Å². The van der Waals surface area contributed by atoms with Crippen LogP contribution in [-0.2, 0) is 6.54 Å². The van der Waals surface area contributed by atoms with Crippen molar-refractivity contribution in [1.82, 2.24) is 9.97 Å². The van der Waals surface area contributed by atoms with Gasteiger partial charge < -0.3 is 10.2 Å². The maximum atomic E-state index is 13.9. The van der Waals surface area contributed by atoms with Crippen LogP contribution in [0.3, 0.4) is 0 Å². The van der Waals surface area contributed by atoms with E-state index in [1.54, 1.807) is 18.2 Å². The van der Waals surface area contributed by atoms with Crippen LogP contribution in [0.1, 0.15) is 25.1 Å². The van der Waals surface area contributed by atoms with E-state index in [-0.39, 0.29) is 11.9 Å². The van der Waals surface area contributed by atoms with Gasteiger partial charge in [-0.25, -0.2) is 9.37 Å². The first-order chi connectivity index (χ1) is 12.5. The lowest BCUT2D eigenvalue weighted by Gasteiger charge is -2.28. The number of halogens is 1. The topological polar surface area (TPSA) is 41.1 Å². The fraction of sp³-hybridized carbons (Fsp3) is 0.238. The quantitative estimate of drug-likeness (QED) is 0.673. The van der Waals surface area contributed by atoms with E-state index >= 15 is 0 Å². The summed E-state index contributed by atoms with van der Waals surface area (Å²) in [5.74, 6) is 0.878. The molecule has 26 heavy (non-hydrogen) atoms. The Balaban J connectivity index is 1.90. The first-order valence-electron chi connectivity index (χ1n) is 8.71. The second-order valence-electron chi connectivity index (χ2n) is 6.50. The molecule has 0 saturated carbocycles. The summed E-state index contributed by atoms with van der Waals surface area (Å²) in [5, 5.41) is 2.99. The van der Waals surface area contributed by atoms with Crippen molar-refractivity contribution in [1.29, 1.82) is 0 Å². The minimum Gasteiger partial charge on any atom is -0.350 e. The molecule has 0 radical (unpaired) electrons. The maximum Gasteiger partial charge on any atom is 0.229 e. The molecule has 0 aliphatic carbocycles. The van der Waals surface area contributed by atoms with E-state index in [0.29, 0.717) is 11.6 Å². The zero-order chi connectivity index (χ0) is 18.5. The van der Waals surface area contributed by atoms with Crippen LogP contribution in [0.4, 0.5) is 21.8 Å². The van der Waals surface area contributed by atoms with Gasteiger partial charge in [0.25, 0.3) is 0 Å². The van der Waals surface area contributed by atoms with Crippen LogP contribution in [0.5, 0.6) is 0 Å². The van der Waals surface area contributed by atoms with Gasteiger partial charge in [0.15, 0.2) is 0 Å². The largest absolute Gasteiger partial charge is 0.350 e. The van der Waals surface area contributed by atoms with Gasteiger partial charge in [-0.2, -0.15) is 4.98 Å². The molecule has 0 amide bonds. The number of para-hydroxylation sites is 1. The van der Waals surface area contributed by atoms with Crippen molar-refractivity contribution < 1.29 is 4.39 Å². The summed E-state index contributed by atoms with van der Waals surface area (Å²) in [7, 11) is 0. The van der Waals surface area contributed by atoms with Crippen molar-refractivity contribution in [3.8, 4) is 0 Å². The van der Waals surface area contributed by atoms with Gasteiger partial charge in [0.2, 0.25) is 5.95 Å². The summed E-state index contributed by atoms with van der Waals surface area (Å²) in [6.07, 6.45) is 0. The van der Waals surface area contributed by atoms with E-state index in [0.717, 1.165) is 18.1 Å². The molecule has 5 heteroatoms. The minimum atomic E-state index is -0.329. The summed E-state index contributed by atoms with van der Waals surface area (Å²) < 4.78 is 13.9. The van der Waals surface area contributed by atoms with Crippen LogP contribution >= 0.6 is 0 Å². The van der Waals surface area contributed by atoms with Crippen molar-refractivity contribution >= 4 is 17.5 Å². The molecule has 1 heterocycles. The molecule has 0 atom stereocenters. The zero-order valence-corrected chi connectivity index (χ0v) is 15.3. The predicted molar refractivity (Wildman–Crippen MR) is 104 cm³/mol. The van der Waals surface area contributed by atoms with E-state index in [1.807, 2.05) is 31.2 Å². The number of nitrogens with one attached hydrogen (secondary N) is 1. The number of rotatable bonds is 6. The van der Waals surface area contributed by atoms with Crippen molar-refractivity contribution in [2.24, 2.45) is 0 Å². The molecule has 0 spiro atoms. The molecular weight excluding hydrogens is 327 g/mol. The number of anilines is 3. The summed E-state index contributed by atoms with van der Waals surface area (Å²) in [6, 6.07) is 19.0. The Hall–Kier alpha value is -2.95. The third-order valence-electron chi connectivity index (χ3n) is 4.07. The number of hydrogen-bond acceptors (Lipinski definition) is 4. The van der Waals surface area contributed by atoms with Crippen LogP contribution in [0.2, 0.25) is 0 Å². The van der Waals surface area contributed by atoms with Gasteiger partial charge in [0, 0.05) is 24.3 Å². The Morgan fingerprint density at radius 1 is 1.00 bits per heavy atom. The normalized spacial score (nSPS) is 10.8. The molecule has 1 N–H and O–H groups in total. The lowest BCUT2D eigenvalue weighted by atomic mass is 10.2. The number of aromatic nitrogens is 2. The molecule has 0 bridgehead atoms. The van der Waals surface area contributed by atoms with E-state index in [9.17, 15) is 4.39 Å². The average Bonchev–Trinajstić information content (AvgIpc) is 2.62. The average molecular weight is 350 g/mol. The third-order valence-corrected chi connectivity index (χ3v) is 4.07. The molecule has 0 fully saturated rings. The van der Waals surface area contributed by atoms with E-state index in [2.05, 4.69) is 46.2 Å². The lowest BCUT2D eigenvalue weighted by molar-refractivity contribution is 0.631. The second-order valence-corrected chi connectivity index (χ2v) is 6.50. The SMILES string of the molecule is Cc1cc(N(Cc2ccccc2)C(C)C)nc(Nc2ccccc2F)n1. The Morgan fingerprint density at radius 2 is 1.69 bits per heavy atom. The predicted octanol–water partition coefficient (Wildman–Crippen LogP) is 5.08. The van der Waals surface area contributed by atoms with Crippen LogP contribution in [-0.4, -0.2) is 16.0 Å². The van der Waals surface area contributed by atoms with Gasteiger partial charge >= 0.3 is 0 Å². The molecule has 0 aliphatic heterocycles. The number of benzene rings is 2. The van der Waals surface area contributed by atoms with Gasteiger partial charge in [0.1, 0.15) is 11.6 Å². The summed E-state index contributed by atoms with van der Waals surface area (Å²) in [6.45, 7) is 6.92. The monoisotopic (exact) mass is 350 g/mol. The number of nitrogens with zero attached hydrogens (tertiary/aromatic N) is 3. The summed E-state index contributed by atoms with van der Waals surface area (Å²) in [5.41, 5.74) is 2.40. The number of hydrogen-bond donors (Lipinski definition) is 1. The highest BCUT2D eigenvalue weighted by molar-refractivity contribution is 5.56. The van der Waals surface area contributed by atoms with Crippen LogP contribution in [0.15, 0.2) is 60.7 Å². The van der Waals surface area contributed by atoms with Crippen molar-refractivity contribution in [2.45, 2.75) is 33.4 Å². The molecule has 3 aromatic rings. The van der Waals surface area contributed by atoms with Gasteiger partial charge in [-0.15, -0.1) is 0 Å². The Kier molecular flexibility index (Phi) is 5.46. The van der Waals surface area contributed by atoms with Gasteiger partial charge in [-0.1, -0.05) is 42.5 Å². The van der Waals surface area contributed by atoms with Crippen molar-refractivity contribution in [3.05, 3.63) is 77.7 Å². The van der Waals surface area contributed by atoms with E-state index in [1.165, 1.54) is 11.6 Å². The molecule has 0 saturated heterocycles. The molecule has 1 aromatic heterocycles. The fourth-order valence-corrected chi connectivity index (χ4v) is 2.75. The summed E-state index contributed by atoms with van der Waals surface area (Å²) in [4.78, 5) is 11.2. The van der Waals surface area contributed by atoms with Crippen LogP contribution in [0, 0.1) is 12.7 Å². The molecule has 0 unspecified atom stereocenters. The van der Waals surface area contributed by atoms with Crippen LogP contribution in [0.25, 0.3) is 0 Å². The highest BCUT2D eigenvalue weighted by atomic mass is 19.1. The Bertz CT molecular complexity index is 865. The smallest absolute Gasteiger partial charge is 0.229 e. The highest BCUT2D eigenvalue weighted by Gasteiger charge is 2.15. The Labute approximate surface area is 153 Å². The molecule has 134 valence electrons. The molecule has 2 aromatic carbocycles. The summed E-state index contributed by atoms with van der Waals surface area (Å²) >= 11 is 0. The standard InChI is InChI=1S/C21H23FN4/c1-15(2)26(14-17-9-5-4-6-10-17)20-13-16(3)23-21(25-20)24-19-12-8-7-11-18(19)22/h4-13,15H,14H2,1-3H3,(H,23,24,25). The zero-order valence-electron chi connectivity index (χ0n) is 15.3. The van der Waals surface area contributed by atoms with Gasteiger partial charge in [-0.3, -0.25) is 0 Å². The van der Waals surface area contributed by atoms with Crippen molar-refractivity contribution in [2.75, 3.05) is 10.2 Å². The van der Waals surface area contributed by atoms with Crippen molar-refractivity contribution in [3.63, 3.8) is 0 Å². The third kappa shape index (κ3) is 4.36. The first kappa shape index (κ1) is 17.9. The highest BCUT2D eigenvalue weighted by Crippen LogP contribution is 2.23. The second kappa shape index (κ2) is 7.95. The van der Waals surface area contributed by atoms with E-state index in [4.69, 9.17) is 0 Å². The molecule has 0 aliphatic rings. The maximum absolute atomic E-state index is 13.9. The molecule has 3 rings (SSSR count). The Morgan fingerprint density at radius 3 is 2.38 bits per heavy atom. The van der Waals surface area contributed by atoms with Gasteiger partial charge in [-0.05, 0) is 38.5 Å². The number of aryl methyl sites for hydroxylation is 1. The van der Waals surface area contributed by atoms with E-state index < -0.39 is 0 Å². The van der Waals surface area contributed by atoms with Gasteiger partial charge in [0.05, 0.1) is 5.69 Å². The minimum absolute atomic E-state index is 0.255. The fourth-order valence-electron chi connectivity index (χ4n) is 2.75. The lowest BCUT2D eigenvalue weighted by Crippen LogP contribution is -2.31. The first-order valence-corrected chi connectivity index (χ1v) is 8.71. The molecular formula is C21H23FN4.